The molecular formula is C12H20N2O3S2. The van der Waals surface area contributed by atoms with Crippen molar-refractivity contribution in [2.75, 3.05) is 20.3 Å². The Bertz CT molecular complexity index is 545. The molecule has 0 saturated carbocycles. The van der Waals surface area contributed by atoms with E-state index >= 15 is 0 Å². The molecule has 7 heteroatoms. The highest BCUT2D eigenvalue weighted by molar-refractivity contribution is 7.89. The van der Waals surface area contributed by atoms with Crippen LogP contribution in [0.3, 0.4) is 0 Å². The summed E-state index contributed by atoms with van der Waals surface area (Å²) in [5, 5.41) is 3.03. The monoisotopic (exact) mass is 304 g/mol. The van der Waals surface area contributed by atoms with Gasteiger partial charge in [-0.3, -0.25) is 0 Å². The molecule has 1 aliphatic heterocycles. The number of nitrogens with one attached hydrogen (secondary N) is 2. The molecule has 1 fully saturated rings. The molecule has 1 saturated heterocycles. The van der Waals surface area contributed by atoms with Gasteiger partial charge in [0.25, 0.3) is 0 Å². The van der Waals surface area contributed by atoms with Crippen LogP contribution in [-0.4, -0.2) is 34.2 Å². The van der Waals surface area contributed by atoms with Crippen LogP contribution in [0.5, 0.6) is 0 Å². The van der Waals surface area contributed by atoms with Crippen molar-refractivity contribution in [2.45, 2.75) is 37.2 Å². The van der Waals surface area contributed by atoms with Gasteiger partial charge in [-0.15, -0.1) is 11.3 Å². The van der Waals surface area contributed by atoms with Gasteiger partial charge < -0.3 is 10.1 Å². The molecule has 1 aliphatic rings. The van der Waals surface area contributed by atoms with Crippen LogP contribution in [0.25, 0.3) is 0 Å². The van der Waals surface area contributed by atoms with Crippen LogP contribution in [0.1, 0.15) is 23.1 Å². The first-order chi connectivity index (χ1) is 8.86. The summed E-state index contributed by atoms with van der Waals surface area (Å²) in [7, 11) is -1.63. The molecular weight excluding hydrogens is 284 g/mol. The standard InChI is InChI=1S/C12H20N2O3S2/c1-9-11(6-10(18-9)7-13-3)19(15,16)14-12(2)4-5-17-8-12/h6,13-14H,4-5,7-8H2,1-3H3. The van der Waals surface area contributed by atoms with Gasteiger partial charge in [-0.1, -0.05) is 0 Å². The highest BCUT2D eigenvalue weighted by Crippen LogP contribution is 2.28. The van der Waals surface area contributed by atoms with Crippen LogP contribution in [0.2, 0.25) is 0 Å². The smallest absolute Gasteiger partial charge is 0.242 e. The predicted octanol–water partition coefficient (Wildman–Crippen LogP) is 1.23. The summed E-state index contributed by atoms with van der Waals surface area (Å²) in [6.07, 6.45) is 0.707. The minimum atomic E-state index is -3.48. The average molecular weight is 304 g/mol. The summed E-state index contributed by atoms with van der Waals surface area (Å²) in [6.45, 7) is 5.44. The van der Waals surface area contributed by atoms with Crippen LogP contribution in [-0.2, 0) is 21.3 Å². The molecule has 1 unspecified atom stereocenters. The fourth-order valence-corrected chi connectivity index (χ4v) is 5.25. The second kappa shape index (κ2) is 5.49. The maximum Gasteiger partial charge on any atom is 0.242 e. The highest BCUT2D eigenvalue weighted by atomic mass is 32.2. The van der Waals surface area contributed by atoms with Gasteiger partial charge in [-0.05, 0) is 33.4 Å². The molecule has 19 heavy (non-hydrogen) atoms. The van der Waals surface area contributed by atoms with E-state index in [1.54, 1.807) is 6.07 Å². The molecule has 1 atom stereocenters. The Morgan fingerprint density at radius 2 is 2.26 bits per heavy atom. The number of hydrogen-bond donors (Lipinski definition) is 2. The fourth-order valence-electron chi connectivity index (χ4n) is 2.18. The SMILES string of the molecule is CNCc1cc(S(=O)(=O)NC2(C)CCOC2)c(C)s1. The van der Waals surface area contributed by atoms with Crippen molar-refractivity contribution in [3.8, 4) is 0 Å². The molecule has 1 aromatic heterocycles. The van der Waals surface area contributed by atoms with Crippen molar-refractivity contribution in [3.63, 3.8) is 0 Å². The molecule has 0 spiro atoms. The Kier molecular flexibility index (Phi) is 4.32. The molecule has 108 valence electrons. The molecule has 1 aromatic rings. The third-order valence-corrected chi connectivity index (χ3v) is 6.11. The van der Waals surface area contributed by atoms with E-state index in [1.165, 1.54) is 11.3 Å². The molecule has 5 nitrogen and oxygen atoms in total. The van der Waals surface area contributed by atoms with Crippen molar-refractivity contribution in [1.29, 1.82) is 0 Å². The Morgan fingerprint density at radius 3 is 2.84 bits per heavy atom. The van der Waals surface area contributed by atoms with Gasteiger partial charge in [-0.25, -0.2) is 13.1 Å². The molecule has 0 aromatic carbocycles. The number of thiophene rings is 1. The maximum absolute atomic E-state index is 12.5. The van der Waals surface area contributed by atoms with Crippen molar-refractivity contribution in [3.05, 3.63) is 15.8 Å². The number of rotatable bonds is 5. The second-order valence-corrected chi connectivity index (χ2v) is 8.12. The number of ether oxygens (including phenoxy) is 1. The predicted molar refractivity (Wildman–Crippen MR) is 76.0 cm³/mol. The van der Waals surface area contributed by atoms with Gasteiger partial charge in [0.2, 0.25) is 10.0 Å². The second-order valence-electron chi connectivity index (χ2n) is 5.13. The van der Waals surface area contributed by atoms with E-state index in [-0.39, 0.29) is 0 Å². The van der Waals surface area contributed by atoms with Crippen molar-refractivity contribution in [2.24, 2.45) is 0 Å². The minimum absolute atomic E-state index is 0.385. The Balaban J connectivity index is 2.24. The number of hydrogen-bond acceptors (Lipinski definition) is 5. The Labute approximate surface area is 118 Å². The fraction of sp³-hybridized carbons (Fsp3) is 0.667. The quantitative estimate of drug-likeness (QED) is 0.859. The van der Waals surface area contributed by atoms with Gasteiger partial charge in [0, 0.05) is 22.9 Å². The van der Waals surface area contributed by atoms with Crippen molar-refractivity contribution < 1.29 is 13.2 Å². The topological polar surface area (TPSA) is 67.4 Å². The molecule has 0 radical (unpaired) electrons. The first-order valence-electron chi connectivity index (χ1n) is 6.22. The van der Waals surface area contributed by atoms with E-state index < -0.39 is 15.6 Å². The summed E-state index contributed by atoms with van der Waals surface area (Å²) in [5.41, 5.74) is -0.490. The lowest BCUT2D eigenvalue weighted by atomic mass is 10.0. The van der Waals surface area contributed by atoms with Gasteiger partial charge in [-0.2, -0.15) is 0 Å². The van der Waals surface area contributed by atoms with Crippen molar-refractivity contribution in [1.82, 2.24) is 10.0 Å². The van der Waals surface area contributed by atoms with Gasteiger partial charge in [0.1, 0.15) is 0 Å². The van der Waals surface area contributed by atoms with Crippen LogP contribution in [0.15, 0.2) is 11.0 Å². The van der Waals surface area contributed by atoms with E-state index in [2.05, 4.69) is 10.0 Å². The van der Waals surface area contributed by atoms with Gasteiger partial charge >= 0.3 is 0 Å². The maximum atomic E-state index is 12.5. The molecule has 2 rings (SSSR count). The van der Waals surface area contributed by atoms with Crippen LogP contribution >= 0.6 is 11.3 Å². The third-order valence-electron chi connectivity index (χ3n) is 3.16. The summed E-state index contributed by atoms with van der Waals surface area (Å²) >= 11 is 1.51. The molecule has 0 aliphatic carbocycles. The highest BCUT2D eigenvalue weighted by Gasteiger charge is 2.35. The number of aryl methyl sites for hydroxylation is 1. The third kappa shape index (κ3) is 3.35. The molecule has 2 N–H and O–H groups in total. The first-order valence-corrected chi connectivity index (χ1v) is 8.52. The summed E-state index contributed by atoms with van der Waals surface area (Å²) < 4.78 is 33.0. The molecule has 2 heterocycles. The molecule has 0 amide bonds. The van der Waals surface area contributed by atoms with E-state index in [1.807, 2.05) is 20.9 Å². The van der Waals surface area contributed by atoms with Crippen LogP contribution in [0.4, 0.5) is 0 Å². The largest absolute Gasteiger partial charge is 0.379 e. The summed E-state index contributed by atoms with van der Waals surface area (Å²) in [4.78, 5) is 2.23. The average Bonchev–Trinajstić information content (AvgIpc) is 2.85. The van der Waals surface area contributed by atoms with E-state index in [0.29, 0.717) is 31.1 Å². The lowest BCUT2D eigenvalue weighted by Crippen LogP contribution is -2.46. The Hall–Kier alpha value is -0.470. The summed E-state index contributed by atoms with van der Waals surface area (Å²) in [5.74, 6) is 0. The van der Waals surface area contributed by atoms with Gasteiger partial charge in [0.15, 0.2) is 0 Å². The zero-order chi connectivity index (χ0) is 14.1. The van der Waals surface area contributed by atoms with Crippen molar-refractivity contribution >= 4 is 21.4 Å². The lowest BCUT2D eigenvalue weighted by Gasteiger charge is -2.23. The normalized spacial score (nSPS) is 23.9. The Morgan fingerprint density at radius 1 is 1.53 bits per heavy atom. The minimum Gasteiger partial charge on any atom is -0.379 e. The zero-order valence-electron chi connectivity index (χ0n) is 11.4. The van der Waals surface area contributed by atoms with Gasteiger partial charge in [0.05, 0.1) is 17.0 Å². The van der Waals surface area contributed by atoms with Crippen LogP contribution < -0.4 is 10.0 Å². The van der Waals surface area contributed by atoms with Crippen LogP contribution in [0, 0.1) is 6.92 Å². The number of sulfonamides is 1. The van der Waals surface area contributed by atoms with E-state index in [0.717, 1.165) is 9.75 Å². The molecule has 0 bridgehead atoms. The van der Waals surface area contributed by atoms with E-state index in [4.69, 9.17) is 4.74 Å². The lowest BCUT2D eigenvalue weighted by molar-refractivity contribution is 0.178. The summed E-state index contributed by atoms with van der Waals surface area (Å²) in [6, 6.07) is 1.75. The zero-order valence-corrected chi connectivity index (χ0v) is 13.1. The van der Waals surface area contributed by atoms with E-state index in [9.17, 15) is 8.42 Å². The first kappa shape index (κ1) is 14.9.